The minimum Gasteiger partial charge on any atom is -0.497 e. The first kappa shape index (κ1) is 13.3. The molecule has 1 saturated carbocycles. The molecule has 1 heterocycles. The van der Waals surface area contributed by atoms with Crippen molar-refractivity contribution in [2.75, 3.05) is 20.7 Å². The van der Waals surface area contributed by atoms with Gasteiger partial charge in [0.05, 0.1) is 12.8 Å². The molecule has 18 heavy (non-hydrogen) atoms. The Morgan fingerprint density at radius 1 is 1.44 bits per heavy atom. The molecule has 0 bridgehead atoms. The van der Waals surface area contributed by atoms with E-state index in [1.54, 1.807) is 7.11 Å². The molecule has 4 nitrogen and oxygen atoms in total. The van der Waals surface area contributed by atoms with E-state index in [1.165, 1.54) is 0 Å². The fourth-order valence-electron chi connectivity index (χ4n) is 2.62. The molecule has 100 valence electrons. The highest BCUT2D eigenvalue weighted by Gasteiger charge is 2.26. The van der Waals surface area contributed by atoms with Crippen LogP contribution in [0.4, 0.5) is 0 Å². The molecule has 0 unspecified atom stereocenters. The van der Waals surface area contributed by atoms with Crippen LogP contribution < -0.4 is 10.5 Å². The van der Waals surface area contributed by atoms with Crippen LogP contribution in [0, 0.1) is 12.8 Å². The highest BCUT2D eigenvalue weighted by atomic mass is 16.5. The molecule has 4 heteroatoms. The van der Waals surface area contributed by atoms with Gasteiger partial charge in [0, 0.05) is 37.0 Å². The van der Waals surface area contributed by atoms with Gasteiger partial charge in [-0.1, -0.05) is 0 Å². The van der Waals surface area contributed by atoms with E-state index in [0.717, 1.165) is 49.0 Å². The monoisotopic (exact) mass is 249 g/mol. The number of nitrogens with zero attached hydrogens (tertiary/aromatic N) is 2. The summed E-state index contributed by atoms with van der Waals surface area (Å²) in [4.78, 5) is 6.86. The largest absolute Gasteiger partial charge is 0.497 e. The lowest BCUT2D eigenvalue weighted by Crippen LogP contribution is -2.41. The van der Waals surface area contributed by atoms with Gasteiger partial charge in [0.25, 0.3) is 0 Å². The molecule has 0 aliphatic heterocycles. The number of aromatic nitrogens is 1. The molecular formula is C14H23N3O. The van der Waals surface area contributed by atoms with Gasteiger partial charge < -0.3 is 15.4 Å². The summed E-state index contributed by atoms with van der Waals surface area (Å²) < 4.78 is 5.27. The van der Waals surface area contributed by atoms with Gasteiger partial charge in [0.2, 0.25) is 0 Å². The van der Waals surface area contributed by atoms with Crippen LogP contribution in [0.1, 0.15) is 24.2 Å². The smallest absolute Gasteiger partial charge is 0.122 e. The number of pyridine rings is 1. The highest BCUT2D eigenvalue weighted by Crippen LogP contribution is 2.26. The van der Waals surface area contributed by atoms with Crippen LogP contribution in [-0.2, 0) is 6.54 Å². The van der Waals surface area contributed by atoms with E-state index >= 15 is 0 Å². The quantitative estimate of drug-likeness (QED) is 0.860. The summed E-state index contributed by atoms with van der Waals surface area (Å²) in [5.41, 5.74) is 7.88. The van der Waals surface area contributed by atoms with Crippen LogP contribution >= 0.6 is 0 Å². The summed E-state index contributed by atoms with van der Waals surface area (Å²) in [6.45, 7) is 3.96. The van der Waals surface area contributed by atoms with E-state index in [2.05, 4.69) is 16.9 Å². The maximum atomic E-state index is 5.81. The number of hydrogen-bond acceptors (Lipinski definition) is 4. The average Bonchev–Trinajstić information content (AvgIpc) is 2.26. The molecule has 0 amide bonds. The summed E-state index contributed by atoms with van der Waals surface area (Å²) in [5, 5.41) is 0. The van der Waals surface area contributed by atoms with Gasteiger partial charge in [-0.05, 0) is 32.7 Å². The number of nitrogens with two attached hydrogens (primary N) is 1. The van der Waals surface area contributed by atoms with Gasteiger partial charge in [0.1, 0.15) is 5.75 Å². The van der Waals surface area contributed by atoms with Crippen molar-refractivity contribution < 1.29 is 4.74 Å². The number of rotatable bonds is 5. The van der Waals surface area contributed by atoms with Gasteiger partial charge in [-0.2, -0.15) is 0 Å². The van der Waals surface area contributed by atoms with E-state index in [-0.39, 0.29) is 0 Å². The minimum absolute atomic E-state index is 0.431. The Labute approximate surface area is 109 Å². The Balaban J connectivity index is 1.89. The van der Waals surface area contributed by atoms with Crippen LogP contribution in [0.2, 0.25) is 0 Å². The van der Waals surface area contributed by atoms with E-state index in [4.69, 9.17) is 10.5 Å². The third-order valence-corrected chi connectivity index (χ3v) is 3.49. The standard InChI is InChI=1S/C14H23N3O/c1-10-4-14(18-3)7-13(16-10)9-17(2)8-11-5-12(15)6-11/h4,7,11-12H,5-6,8-9,15H2,1-3H3. The molecule has 2 N–H and O–H groups in total. The van der Waals surface area contributed by atoms with Crippen molar-refractivity contribution in [3.63, 3.8) is 0 Å². The zero-order valence-corrected chi connectivity index (χ0v) is 11.5. The summed E-state index contributed by atoms with van der Waals surface area (Å²) in [6, 6.07) is 4.39. The fraction of sp³-hybridized carbons (Fsp3) is 0.643. The summed E-state index contributed by atoms with van der Waals surface area (Å²) in [7, 11) is 3.83. The van der Waals surface area contributed by atoms with Crippen LogP contribution in [0.3, 0.4) is 0 Å². The van der Waals surface area contributed by atoms with Gasteiger partial charge in [-0.25, -0.2) is 0 Å². The van der Waals surface area contributed by atoms with E-state index in [1.807, 2.05) is 19.1 Å². The van der Waals surface area contributed by atoms with E-state index in [0.29, 0.717) is 6.04 Å². The lowest BCUT2D eigenvalue weighted by atomic mass is 9.80. The fourth-order valence-corrected chi connectivity index (χ4v) is 2.62. The molecule has 0 saturated heterocycles. The molecule has 0 spiro atoms. The predicted octanol–water partition coefficient (Wildman–Crippen LogP) is 1.57. The first-order valence-electron chi connectivity index (χ1n) is 6.52. The molecule has 0 atom stereocenters. The molecule has 1 aliphatic carbocycles. The van der Waals surface area contributed by atoms with Crippen molar-refractivity contribution in [3.05, 3.63) is 23.5 Å². The second kappa shape index (κ2) is 5.67. The van der Waals surface area contributed by atoms with Crippen LogP contribution in [0.15, 0.2) is 12.1 Å². The third kappa shape index (κ3) is 3.43. The average molecular weight is 249 g/mol. The normalized spacial score (nSPS) is 22.9. The highest BCUT2D eigenvalue weighted by molar-refractivity contribution is 5.26. The summed E-state index contributed by atoms with van der Waals surface area (Å²) in [5.74, 6) is 1.65. The van der Waals surface area contributed by atoms with Crippen molar-refractivity contribution >= 4 is 0 Å². The Morgan fingerprint density at radius 2 is 2.17 bits per heavy atom. The van der Waals surface area contributed by atoms with Crippen molar-refractivity contribution in [2.24, 2.45) is 11.7 Å². The summed E-state index contributed by atoms with van der Waals surface area (Å²) in [6.07, 6.45) is 2.32. The minimum atomic E-state index is 0.431. The topological polar surface area (TPSA) is 51.4 Å². The molecule has 1 aromatic rings. The molecule has 1 aliphatic rings. The lowest BCUT2D eigenvalue weighted by molar-refractivity contribution is 0.177. The Morgan fingerprint density at radius 3 is 2.78 bits per heavy atom. The number of aryl methyl sites for hydroxylation is 1. The molecule has 2 rings (SSSR count). The number of hydrogen-bond donors (Lipinski definition) is 1. The van der Waals surface area contributed by atoms with Crippen LogP contribution in [0.25, 0.3) is 0 Å². The number of methoxy groups -OCH3 is 1. The molecule has 1 fully saturated rings. The maximum absolute atomic E-state index is 5.81. The Hall–Kier alpha value is -1.13. The van der Waals surface area contributed by atoms with E-state index < -0.39 is 0 Å². The first-order chi connectivity index (χ1) is 8.56. The van der Waals surface area contributed by atoms with Crippen molar-refractivity contribution in [3.8, 4) is 5.75 Å². The first-order valence-corrected chi connectivity index (χ1v) is 6.52. The summed E-state index contributed by atoms with van der Waals surface area (Å²) >= 11 is 0. The van der Waals surface area contributed by atoms with Gasteiger partial charge in [-0.15, -0.1) is 0 Å². The second-order valence-electron chi connectivity index (χ2n) is 5.43. The zero-order valence-electron chi connectivity index (χ0n) is 11.5. The van der Waals surface area contributed by atoms with E-state index in [9.17, 15) is 0 Å². The Kier molecular flexibility index (Phi) is 4.19. The second-order valence-corrected chi connectivity index (χ2v) is 5.43. The lowest BCUT2D eigenvalue weighted by Gasteiger charge is -2.35. The zero-order chi connectivity index (χ0) is 13.1. The molecular weight excluding hydrogens is 226 g/mol. The molecule has 1 aromatic heterocycles. The molecule has 0 radical (unpaired) electrons. The SMILES string of the molecule is COc1cc(C)nc(CN(C)CC2CC(N)C2)c1. The van der Waals surface area contributed by atoms with Crippen LogP contribution in [-0.4, -0.2) is 36.6 Å². The number of ether oxygens (including phenoxy) is 1. The van der Waals surface area contributed by atoms with Gasteiger partial charge in [0.15, 0.2) is 0 Å². The van der Waals surface area contributed by atoms with Crippen molar-refractivity contribution in [1.29, 1.82) is 0 Å². The van der Waals surface area contributed by atoms with Crippen LogP contribution in [0.5, 0.6) is 5.75 Å². The Bertz CT molecular complexity index is 402. The van der Waals surface area contributed by atoms with Gasteiger partial charge >= 0.3 is 0 Å². The third-order valence-electron chi connectivity index (χ3n) is 3.49. The van der Waals surface area contributed by atoms with Crippen molar-refractivity contribution in [1.82, 2.24) is 9.88 Å². The maximum Gasteiger partial charge on any atom is 0.122 e. The van der Waals surface area contributed by atoms with Gasteiger partial charge in [-0.3, -0.25) is 4.98 Å². The van der Waals surface area contributed by atoms with Crippen molar-refractivity contribution in [2.45, 2.75) is 32.4 Å². The predicted molar refractivity (Wildman–Crippen MR) is 72.6 cm³/mol. The molecule has 0 aromatic carbocycles.